The summed E-state index contributed by atoms with van der Waals surface area (Å²) in [5.74, 6) is 3.03. The molecule has 26 heavy (non-hydrogen) atoms. The molecular formula is C18H19N3O4S. The van der Waals surface area contributed by atoms with Gasteiger partial charge in [0, 0.05) is 6.42 Å². The molecule has 1 aromatic carbocycles. The highest BCUT2D eigenvalue weighted by atomic mass is 32.2. The van der Waals surface area contributed by atoms with Gasteiger partial charge in [-0.15, -0.1) is 11.5 Å². The number of benzene rings is 1. The van der Waals surface area contributed by atoms with Gasteiger partial charge in [0.1, 0.15) is 17.3 Å². The fourth-order valence-corrected chi connectivity index (χ4v) is 2.71. The van der Waals surface area contributed by atoms with Gasteiger partial charge in [0.25, 0.3) is 0 Å². The Morgan fingerprint density at radius 1 is 1.38 bits per heavy atom. The number of carboxylic acid groups (broad SMARTS) is 1. The van der Waals surface area contributed by atoms with E-state index in [4.69, 9.17) is 15.9 Å². The zero-order valence-corrected chi connectivity index (χ0v) is 15.3. The number of carboxylic acids is 1. The summed E-state index contributed by atoms with van der Waals surface area (Å²) >= 11 is 0.975. The molecule has 0 amide bonds. The summed E-state index contributed by atoms with van der Waals surface area (Å²) in [6.45, 7) is 4.34. The third kappa shape index (κ3) is 5.29. The van der Waals surface area contributed by atoms with E-state index in [-0.39, 0.29) is 11.5 Å². The summed E-state index contributed by atoms with van der Waals surface area (Å²) < 4.78 is 11.0. The van der Waals surface area contributed by atoms with E-state index >= 15 is 0 Å². The van der Waals surface area contributed by atoms with Crippen LogP contribution in [-0.4, -0.2) is 39.5 Å². The maximum Gasteiger partial charge on any atom is 0.342 e. The molecule has 0 fully saturated rings. The second kappa shape index (κ2) is 9.53. The first-order valence-corrected chi connectivity index (χ1v) is 8.76. The number of hydrogen-bond donors (Lipinski definition) is 2. The molecule has 8 heteroatoms. The van der Waals surface area contributed by atoms with Gasteiger partial charge in [-0.05, 0) is 42.5 Å². The molecule has 0 bridgehead atoms. The van der Waals surface area contributed by atoms with Crippen LogP contribution in [0.2, 0.25) is 0 Å². The quantitative estimate of drug-likeness (QED) is 0.396. The summed E-state index contributed by atoms with van der Waals surface area (Å²) in [6.07, 6.45) is 7.43. The molecule has 0 unspecified atom stereocenters. The van der Waals surface area contributed by atoms with Crippen molar-refractivity contribution in [3.05, 3.63) is 34.5 Å². The third-order valence-electron chi connectivity index (χ3n) is 3.13. The van der Waals surface area contributed by atoms with Gasteiger partial charge >= 0.3 is 5.97 Å². The molecule has 0 saturated carbocycles. The first-order chi connectivity index (χ1) is 12.6. The SMILES string of the molecule is C#CCOc1ccc(/C=C(\Sc2n[nH]c(CC)n2)C(=O)O)cc1OCC. The number of aromatic nitrogens is 3. The number of terminal acetylenes is 1. The average Bonchev–Trinajstić information content (AvgIpc) is 3.08. The smallest absolute Gasteiger partial charge is 0.342 e. The van der Waals surface area contributed by atoms with Crippen LogP contribution in [0.1, 0.15) is 25.2 Å². The Bertz CT molecular complexity index is 839. The molecule has 2 aromatic rings. The zero-order chi connectivity index (χ0) is 18.9. The number of nitrogens with zero attached hydrogens (tertiary/aromatic N) is 2. The second-order valence-electron chi connectivity index (χ2n) is 4.97. The minimum Gasteiger partial charge on any atom is -0.490 e. The van der Waals surface area contributed by atoms with Crippen LogP contribution in [0.5, 0.6) is 11.5 Å². The van der Waals surface area contributed by atoms with Gasteiger partial charge in [-0.25, -0.2) is 9.78 Å². The maximum atomic E-state index is 11.6. The number of aliphatic carboxylic acids is 1. The molecule has 136 valence electrons. The number of H-pyrrole nitrogens is 1. The normalized spacial score (nSPS) is 11.0. The highest BCUT2D eigenvalue weighted by molar-refractivity contribution is 8.04. The number of nitrogens with one attached hydrogen (secondary N) is 1. The Balaban J connectivity index is 2.29. The van der Waals surface area contributed by atoms with Gasteiger partial charge in [-0.1, -0.05) is 18.9 Å². The number of ether oxygens (including phenoxy) is 2. The Labute approximate surface area is 155 Å². The Kier molecular flexibility index (Phi) is 7.12. The molecule has 1 aromatic heterocycles. The van der Waals surface area contributed by atoms with Crippen molar-refractivity contribution in [2.24, 2.45) is 0 Å². The first-order valence-electron chi connectivity index (χ1n) is 7.94. The second-order valence-corrected chi connectivity index (χ2v) is 5.98. The highest BCUT2D eigenvalue weighted by Gasteiger charge is 2.14. The predicted octanol–water partition coefficient (Wildman–Crippen LogP) is 3.00. The van der Waals surface area contributed by atoms with Crippen LogP contribution in [0.25, 0.3) is 6.08 Å². The Hall–Kier alpha value is -2.92. The lowest BCUT2D eigenvalue weighted by Crippen LogP contribution is -2.00. The molecule has 1 heterocycles. The lowest BCUT2D eigenvalue weighted by molar-refractivity contribution is -0.131. The monoisotopic (exact) mass is 373 g/mol. The third-order valence-corrected chi connectivity index (χ3v) is 4.01. The molecule has 2 N–H and O–H groups in total. The van der Waals surface area contributed by atoms with Gasteiger partial charge in [-0.2, -0.15) is 0 Å². The van der Waals surface area contributed by atoms with Crippen molar-refractivity contribution < 1.29 is 19.4 Å². The summed E-state index contributed by atoms with van der Waals surface area (Å²) in [5, 5.41) is 16.6. The number of carbonyl (C=O) groups is 1. The van der Waals surface area contributed by atoms with Crippen LogP contribution < -0.4 is 9.47 Å². The number of aromatic amines is 1. The van der Waals surface area contributed by atoms with Gasteiger partial charge < -0.3 is 14.6 Å². The van der Waals surface area contributed by atoms with Gasteiger partial charge in [0.15, 0.2) is 11.5 Å². The summed E-state index contributed by atoms with van der Waals surface area (Å²) in [6, 6.07) is 5.13. The summed E-state index contributed by atoms with van der Waals surface area (Å²) in [4.78, 5) is 15.9. The maximum absolute atomic E-state index is 11.6. The average molecular weight is 373 g/mol. The highest BCUT2D eigenvalue weighted by Crippen LogP contribution is 2.31. The number of rotatable bonds is 9. The van der Waals surface area contributed by atoms with Crippen molar-refractivity contribution in [3.8, 4) is 23.8 Å². The Morgan fingerprint density at radius 2 is 2.19 bits per heavy atom. The van der Waals surface area contributed by atoms with E-state index in [2.05, 4.69) is 21.1 Å². The van der Waals surface area contributed by atoms with Crippen molar-refractivity contribution >= 4 is 23.8 Å². The van der Waals surface area contributed by atoms with Crippen LogP contribution >= 0.6 is 11.8 Å². The van der Waals surface area contributed by atoms with Crippen LogP contribution in [0.15, 0.2) is 28.3 Å². The molecule has 2 rings (SSSR count). The van der Waals surface area contributed by atoms with E-state index < -0.39 is 5.97 Å². The van der Waals surface area contributed by atoms with Gasteiger partial charge in [0.05, 0.1) is 6.61 Å². The van der Waals surface area contributed by atoms with Gasteiger partial charge in [0.2, 0.25) is 5.16 Å². The molecule has 0 aliphatic heterocycles. The van der Waals surface area contributed by atoms with Crippen molar-refractivity contribution in [1.82, 2.24) is 15.2 Å². The number of aryl methyl sites for hydroxylation is 1. The van der Waals surface area contributed by atoms with E-state index in [0.29, 0.717) is 41.1 Å². The minimum absolute atomic E-state index is 0.0893. The molecule has 7 nitrogen and oxygen atoms in total. The van der Waals surface area contributed by atoms with Crippen LogP contribution in [0.3, 0.4) is 0 Å². The molecule has 0 atom stereocenters. The first kappa shape index (κ1) is 19.4. The van der Waals surface area contributed by atoms with E-state index in [1.54, 1.807) is 18.2 Å². The zero-order valence-electron chi connectivity index (χ0n) is 14.5. The van der Waals surface area contributed by atoms with Crippen LogP contribution in [-0.2, 0) is 11.2 Å². The molecule has 0 spiro atoms. The number of thioether (sulfide) groups is 1. The molecule has 0 aliphatic carbocycles. The minimum atomic E-state index is -1.07. The van der Waals surface area contributed by atoms with E-state index in [1.165, 1.54) is 6.08 Å². The Morgan fingerprint density at radius 3 is 2.81 bits per heavy atom. The van der Waals surface area contributed by atoms with E-state index in [9.17, 15) is 9.90 Å². The van der Waals surface area contributed by atoms with E-state index in [0.717, 1.165) is 11.8 Å². The molecular weight excluding hydrogens is 354 g/mol. The van der Waals surface area contributed by atoms with Crippen LogP contribution in [0.4, 0.5) is 0 Å². The standard InChI is InChI=1S/C18H19N3O4S/c1-4-9-25-13-8-7-12(10-14(13)24-6-3)11-15(17(22)23)26-18-19-16(5-2)20-21-18/h1,7-8,10-11H,5-6,9H2,2-3H3,(H,22,23)(H,19,20,21)/b15-11-. The largest absolute Gasteiger partial charge is 0.490 e. The predicted molar refractivity (Wildman–Crippen MR) is 99.2 cm³/mol. The van der Waals surface area contributed by atoms with Crippen LogP contribution in [0, 0.1) is 12.3 Å². The molecule has 0 radical (unpaired) electrons. The van der Waals surface area contributed by atoms with Crippen molar-refractivity contribution in [2.75, 3.05) is 13.2 Å². The summed E-state index contributed by atoms with van der Waals surface area (Å²) in [7, 11) is 0. The number of hydrogen-bond acceptors (Lipinski definition) is 6. The van der Waals surface area contributed by atoms with Gasteiger partial charge in [-0.3, -0.25) is 5.10 Å². The fraction of sp³-hybridized carbons (Fsp3) is 0.278. The lowest BCUT2D eigenvalue weighted by Gasteiger charge is -2.11. The fourth-order valence-electron chi connectivity index (χ4n) is 1.99. The topological polar surface area (TPSA) is 97.3 Å². The van der Waals surface area contributed by atoms with Crippen molar-refractivity contribution in [3.63, 3.8) is 0 Å². The molecule has 0 aliphatic rings. The molecule has 0 saturated heterocycles. The van der Waals surface area contributed by atoms with Crippen molar-refractivity contribution in [1.29, 1.82) is 0 Å². The summed E-state index contributed by atoms with van der Waals surface area (Å²) in [5.41, 5.74) is 0.651. The lowest BCUT2D eigenvalue weighted by atomic mass is 10.2. The van der Waals surface area contributed by atoms with E-state index in [1.807, 2.05) is 13.8 Å². The van der Waals surface area contributed by atoms with Crippen molar-refractivity contribution in [2.45, 2.75) is 25.4 Å².